The second-order valence-corrected chi connectivity index (χ2v) is 9.48. The van der Waals surface area contributed by atoms with Gasteiger partial charge in [-0.15, -0.1) is 11.8 Å². The molecule has 6 heteroatoms. The third-order valence-corrected chi connectivity index (χ3v) is 6.47. The monoisotopic (exact) mass is 368 g/mol. The minimum atomic E-state index is -0.415. The van der Waals surface area contributed by atoms with Crippen LogP contribution in [-0.4, -0.2) is 33.0 Å². The van der Waals surface area contributed by atoms with E-state index in [4.69, 9.17) is 0 Å². The third kappa shape index (κ3) is 4.27. The fourth-order valence-electron chi connectivity index (χ4n) is 4.03. The van der Waals surface area contributed by atoms with Gasteiger partial charge in [0.15, 0.2) is 5.88 Å². The van der Waals surface area contributed by atoms with Gasteiger partial charge in [-0.3, -0.25) is 9.36 Å². The summed E-state index contributed by atoms with van der Waals surface area (Å²) in [6, 6.07) is 1.66. The molecule has 0 saturated heterocycles. The molecule has 25 heavy (non-hydrogen) atoms. The van der Waals surface area contributed by atoms with Crippen LogP contribution in [0.25, 0.3) is 0 Å². The zero-order valence-corrected chi connectivity index (χ0v) is 16.8. The molecule has 2 unspecified atom stereocenters. The average Bonchev–Trinajstić information content (AvgIpc) is 2.71. The van der Waals surface area contributed by atoms with Crippen LogP contribution in [0.3, 0.4) is 0 Å². The van der Waals surface area contributed by atoms with E-state index in [0.29, 0.717) is 11.2 Å². The SMILES string of the molecule is CNC(=O)C1CCCC(C(C)(C)n2c(O)cc(SC(C)C)c2O)CC1. The maximum absolute atomic E-state index is 12.0. The molecule has 1 saturated carbocycles. The highest BCUT2D eigenvalue weighted by atomic mass is 32.2. The predicted molar refractivity (Wildman–Crippen MR) is 102 cm³/mol. The van der Waals surface area contributed by atoms with Crippen molar-refractivity contribution in [3.8, 4) is 11.8 Å². The van der Waals surface area contributed by atoms with Crippen molar-refractivity contribution >= 4 is 17.7 Å². The molecule has 142 valence electrons. The highest BCUT2D eigenvalue weighted by Gasteiger charge is 2.37. The largest absolute Gasteiger partial charge is 0.494 e. The minimum Gasteiger partial charge on any atom is -0.494 e. The fraction of sp³-hybridized carbons (Fsp3) is 0.737. The smallest absolute Gasteiger partial charge is 0.222 e. The Kier molecular flexibility index (Phi) is 6.35. The standard InChI is InChI=1S/C19H32N2O3S/c1-12(2)25-15-11-16(22)21(18(15)24)19(3,4)14-8-6-7-13(9-10-14)17(23)20-5/h11-14,22,24H,6-10H2,1-5H3,(H,20,23). The molecule has 0 radical (unpaired) electrons. The van der Waals surface area contributed by atoms with Crippen LogP contribution in [-0.2, 0) is 10.3 Å². The van der Waals surface area contributed by atoms with E-state index >= 15 is 0 Å². The first kappa shape index (κ1) is 20.0. The Balaban J connectivity index is 2.23. The normalized spacial score (nSPS) is 22.0. The Morgan fingerprint density at radius 3 is 2.56 bits per heavy atom. The highest BCUT2D eigenvalue weighted by molar-refractivity contribution is 8.00. The zero-order chi connectivity index (χ0) is 18.8. The van der Waals surface area contributed by atoms with Gasteiger partial charge in [0, 0.05) is 29.8 Å². The van der Waals surface area contributed by atoms with Crippen LogP contribution >= 0.6 is 11.8 Å². The number of thioether (sulfide) groups is 1. The van der Waals surface area contributed by atoms with Crippen LogP contribution in [0, 0.1) is 11.8 Å². The van der Waals surface area contributed by atoms with Crippen molar-refractivity contribution in [1.82, 2.24) is 9.88 Å². The first-order chi connectivity index (χ1) is 11.7. The van der Waals surface area contributed by atoms with Gasteiger partial charge in [-0.05, 0) is 45.4 Å². The lowest BCUT2D eigenvalue weighted by atomic mass is 9.81. The first-order valence-electron chi connectivity index (χ1n) is 9.20. The number of hydrogen-bond donors (Lipinski definition) is 3. The van der Waals surface area contributed by atoms with Crippen molar-refractivity contribution in [2.75, 3.05) is 7.05 Å². The molecule has 1 amide bonds. The van der Waals surface area contributed by atoms with Gasteiger partial charge in [0.25, 0.3) is 0 Å². The number of carbonyl (C=O) groups excluding carboxylic acids is 1. The molecule has 0 spiro atoms. The van der Waals surface area contributed by atoms with Crippen LogP contribution in [0.5, 0.6) is 11.8 Å². The lowest BCUT2D eigenvalue weighted by Gasteiger charge is -2.36. The van der Waals surface area contributed by atoms with E-state index in [0.717, 1.165) is 37.0 Å². The molecule has 1 heterocycles. The van der Waals surface area contributed by atoms with Crippen molar-refractivity contribution in [1.29, 1.82) is 0 Å². The molecule has 0 bridgehead atoms. The highest BCUT2D eigenvalue weighted by Crippen LogP contribution is 2.46. The molecule has 0 aromatic carbocycles. The van der Waals surface area contributed by atoms with E-state index in [2.05, 4.69) is 33.0 Å². The summed E-state index contributed by atoms with van der Waals surface area (Å²) < 4.78 is 1.67. The summed E-state index contributed by atoms with van der Waals surface area (Å²) in [5.74, 6) is 0.750. The van der Waals surface area contributed by atoms with Gasteiger partial charge in [0.05, 0.1) is 4.90 Å². The van der Waals surface area contributed by atoms with E-state index in [1.807, 2.05) is 0 Å². The minimum absolute atomic E-state index is 0.0738. The van der Waals surface area contributed by atoms with Crippen LogP contribution in [0.4, 0.5) is 0 Å². The quantitative estimate of drug-likeness (QED) is 0.541. The van der Waals surface area contributed by atoms with E-state index < -0.39 is 5.54 Å². The van der Waals surface area contributed by atoms with Gasteiger partial charge in [0.1, 0.15) is 0 Å². The number of aromatic hydroxyl groups is 2. The summed E-state index contributed by atoms with van der Waals surface area (Å²) in [7, 11) is 1.69. The number of rotatable bonds is 5. The molecule has 2 rings (SSSR count). The van der Waals surface area contributed by atoms with E-state index in [9.17, 15) is 15.0 Å². The van der Waals surface area contributed by atoms with Gasteiger partial charge < -0.3 is 15.5 Å². The van der Waals surface area contributed by atoms with Crippen LogP contribution in [0.1, 0.15) is 59.8 Å². The number of hydrogen-bond acceptors (Lipinski definition) is 4. The third-order valence-electron chi connectivity index (χ3n) is 5.45. The van der Waals surface area contributed by atoms with Crippen molar-refractivity contribution in [2.24, 2.45) is 11.8 Å². The summed E-state index contributed by atoms with van der Waals surface area (Å²) in [4.78, 5) is 12.7. The molecular formula is C19H32N2O3S. The average molecular weight is 369 g/mol. The van der Waals surface area contributed by atoms with E-state index in [1.165, 1.54) is 0 Å². The lowest BCUT2D eigenvalue weighted by Crippen LogP contribution is -2.35. The summed E-state index contributed by atoms with van der Waals surface area (Å²) in [5.41, 5.74) is -0.415. The summed E-state index contributed by atoms with van der Waals surface area (Å²) in [6.45, 7) is 8.27. The summed E-state index contributed by atoms with van der Waals surface area (Å²) >= 11 is 1.55. The van der Waals surface area contributed by atoms with Gasteiger partial charge in [-0.1, -0.05) is 20.3 Å². The molecule has 1 fully saturated rings. The molecule has 1 aliphatic carbocycles. The van der Waals surface area contributed by atoms with Crippen LogP contribution < -0.4 is 5.32 Å². The Labute approximate surface area is 155 Å². The maximum atomic E-state index is 12.0. The fourth-order valence-corrected chi connectivity index (χ4v) is 4.91. The van der Waals surface area contributed by atoms with Crippen molar-refractivity contribution in [2.45, 2.75) is 75.5 Å². The molecule has 0 aliphatic heterocycles. The Morgan fingerprint density at radius 1 is 1.28 bits per heavy atom. The second-order valence-electron chi connectivity index (χ2n) is 7.86. The molecular weight excluding hydrogens is 336 g/mol. The molecule has 2 atom stereocenters. The molecule has 5 nitrogen and oxygen atoms in total. The number of aromatic nitrogens is 1. The van der Waals surface area contributed by atoms with Gasteiger partial charge in [0.2, 0.25) is 11.8 Å². The topological polar surface area (TPSA) is 74.5 Å². The van der Waals surface area contributed by atoms with Crippen molar-refractivity contribution < 1.29 is 15.0 Å². The molecule has 1 aromatic rings. The summed E-state index contributed by atoms with van der Waals surface area (Å²) in [6.07, 6.45) is 4.65. The van der Waals surface area contributed by atoms with Gasteiger partial charge >= 0.3 is 0 Å². The van der Waals surface area contributed by atoms with Crippen LogP contribution in [0.2, 0.25) is 0 Å². The molecule has 1 aliphatic rings. The van der Waals surface area contributed by atoms with E-state index in [1.54, 1.807) is 29.4 Å². The number of nitrogens with zero attached hydrogens (tertiary/aromatic N) is 1. The zero-order valence-electron chi connectivity index (χ0n) is 16.0. The summed E-state index contributed by atoms with van der Waals surface area (Å²) in [5, 5.41) is 24.2. The van der Waals surface area contributed by atoms with Crippen molar-refractivity contribution in [3.63, 3.8) is 0 Å². The van der Waals surface area contributed by atoms with Gasteiger partial charge in [-0.2, -0.15) is 0 Å². The van der Waals surface area contributed by atoms with E-state index in [-0.39, 0.29) is 23.6 Å². The second kappa shape index (κ2) is 7.94. The lowest BCUT2D eigenvalue weighted by molar-refractivity contribution is -0.124. The first-order valence-corrected chi connectivity index (χ1v) is 10.1. The Bertz CT molecular complexity index is 610. The molecule has 1 aromatic heterocycles. The number of carbonyl (C=O) groups is 1. The number of nitrogens with one attached hydrogen (secondary N) is 1. The van der Waals surface area contributed by atoms with Crippen molar-refractivity contribution in [3.05, 3.63) is 6.07 Å². The predicted octanol–water partition coefficient (Wildman–Crippen LogP) is 4.08. The Hall–Kier alpha value is -1.30. The van der Waals surface area contributed by atoms with Gasteiger partial charge in [-0.25, -0.2) is 0 Å². The van der Waals surface area contributed by atoms with Crippen LogP contribution in [0.15, 0.2) is 11.0 Å². The molecule has 3 N–H and O–H groups in total. The maximum Gasteiger partial charge on any atom is 0.222 e. The number of amides is 1. The Morgan fingerprint density at radius 2 is 1.96 bits per heavy atom.